The van der Waals surface area contributed by atoms with Crippen LogP contribution in [0.25, 0.3) is 11.3 Å². The second kappa shape index (κ2) is 8.31. The minimum atomic E-state index is -0.189. The zero-order valence-electron chi connectivity index (χ0n) is 15.2. The molecular formula is C23H19N3O2. The van der Waals surface area contributed by atoms with E-state index in [9.17, 15) is 4.79 Å². The predicted molar refractivity (Wildman–Crippen MR) is 108 cm³/mol. The first-order valence-electron chi connectivity index (χ1n) is 9.05. The molecule has 0 bridgehead atoms. The SMILES string of the molecule is O=C(Cc1ccco1)Nc1ncc(-c2ccccc2)nc1Cc1ccccc1. The van der Waals surface area contributed by atoms with Crippen molar-refractivity contribution in [3.05, 3.63) is 102 Å². The van der Waals surface area contributed by atoms with Gasteiger partial charge < -0.3 is 9.73 Å². The van der Waals surface area contributed by atoms with Crippen LogP contribution in [-0.4, -0.2) is 15.9 Å². The van der Waals surface area contributed by atoms with Crippen molar-refractivity contribution in [1.82, 2.24) is 9.97 Å². The maximum Gasteiger partial charge on any atom is 0.233 e. The fraction of sp³-hybridized carbons (Fsp3) is 0.0870. The standard InChI is InChI=1S/C23H19N3O2/c27-22(15-19-12-7-13-28-19)26-23-20(14-17-8-3-1-4-9-17)25-21(16-24-23)18-10-5-2-6-11-18/h1-13,16H,14-15H2,(H,24,26,27). The summed E-state index contributed by atoms with van der Waals surface area (Å²) in [5.74, 6) is 0.891. The number of nitrogens with one attached hydrogen (secondary N) is 1. The number of benzene rings is 2. The normalized spacial score (nSPS) is 10.6. The lowest BCUT2D eigenvalue weighted by Gasteiger charge is -2.11. The Morgan fingerprint density at radius 3 is 2.39 bits per heavy atom. The molecule has 0 radical (unpaired) electrons. The lowest BCUT2D eigenvalue weighted by Crippen LogP contribution is -2.17. The average molecular weight is 369 g/mol. The Kier molecular flexibility index (Phi) is 5.24. The first-order chi connectivity index (χ1) is 13.8. The van der Waals surface area contributed by atoms with Gasteiger partial charge in [-0.1, -0.05) is 60.7 Å². The Morgan fingerprint density at radius 2 is 1.68 bits per heavy atom. The minimum Gasteiger partial charge on any atom is -0.469 e. The van der Waals surface area contributed by atoms with Gasteiger partial charge in [-0.3, -0.25) is 4.79 Å². The van der Waals surface area contributed by atoms with Crippen molar-refractivity contribution >= 4 is 11.7 Å². The highest BCUT2D eigenvalue weighted by Gasteiger charge is 2.14. The molecule has 5 nitrogen and oxygen atoms in total. The van der Waals surface area contributed by atoms with Gasteiger partial charge in [0.25, 0.3) is 0 Å². The van der Waals surface area contributed by atoms with Crippen LogP contribution in [-0.2, 0) is 17.6 Å². The van der Waals surface area contributed by atoms with E-state index in [1.165, 1.54) is 0 Å². The van der Waals surface area contributed by atoms with Gasteiger partial charge in [-0.05, 0) is 17.7 Å². The molecule has 0 saturated heterocycles. The molecule has 0 aliphatic rings. The highest BCUT2D eigenvalue weighted by atomic mass is 16.3. The van der Waals surface area contributed by atoms with Crippen LogP contribution < -0.4 is 5.32 Å². The largest absolute Gasteiger partial charge is 0.469 e. The van der Waals surface area contributed by atoms with E-state index in [1.54, 1.807) is 24.6 Å². The number of nitrogens with zero attached hydrogens (tertiary/aromatic N) is 2. The fourth-order valence-corrected chi connectivity index (χ4v) is 2.94. The summed E-state index contributed by atoms with van der Waals surface area (Å²) in [6.07, 6.45) is 3.97. The van der Waals surface area contributed by atoms with Crippen molar-refractivity contribution in [3.8, 4) is 11.3 Å². The zero-order valence-corrected chi connectivity index (χ0v) is 15.2. The summed E-state index contributed by atoms with van der Waals surface area (Å²) in [5.41, 5.74) is 3.58. The summed E-state index contributed by atoms with van der Waals surface area (Å²) in [4.78, 5) is 21.7. The summed E-state index contributed by atoms with van der Waals surface area (Å²) >= 11 is 0. The van der Waals surface area contributed by atoms with E-state index in [0.29, 0.717) is 18.0 Å². The Labute approximate surface area is 163 Å². The third-order valence-corrected chi connectivity index (χ3v) is 4.30. The van der Waals surface area contributed by atoms with Crippen LogP contribution in [0.3, 0.4) is 0 Å². The monoisotopic (exact) mass is 369 g/mol. The molecule has 2 aromatic heterocycles. The molecule has 2 aromatic carbocycles. The molecule has 1 amide bonds. The van der Waals surface area contributed by atoms with Crippen molar-refractivity contribution in [2.75, 3.05) is 5.32 Å². The van der Waals surface area contributed by atoms with Gasteiger partial charge in [-0.2, -0.15) is 0 Å². The molecule has 0 spiro atoms. The third kappa shape index (κ3) is 4.32. The minimum absolute atomic E-state index is 0.153. The highest BCUT2D eigenvalue weighted by Crippen LogP contribution is 2.21. The molecule has 138 valence electrons. The number of anilines is 1. The summed E-state index contributed by atoms with van der Waals surface area (Å²) in [5, 5.41) is 2.88. The lowest BCUT2D eigenvalue weighted by atomic mass is 10.1. The maximum atomic E-state index is 12.4. The van der Waals surface area contributed by atoms with Crippen molar-refractivity contribution in [1.29, 1.82) is 0 Å². The van der Waals surface area contributed by atoms with Crippen LogP contribution in [0.2, 0.25) is 0 Å². The van der Waals surface area contributed by atoms with Crippen molar-refractivity contribution in [2.24, 2.45) is 0 Å². The van der Waals surface area contributed by atoms with Gasteiger partial charge in [0.05, 0.1) is 30.3 Å². The van der Waals surface area contributed by atoms with Gasteiger partial charge in [0, 0.05) is 12.0 Å². The fourth-order valence-electron chi connectivity index (χ4n) is 2.94. The molecule has 4 rings (SSSR count). The summed E-state index contributed by atoms with van der Waals surface area (Å²) in [6.45, 7) is 0. The summed E-state index contributed by atoms with van der Waals surface area (Å²) in [7, 11) is 0. The van der Waals surface area contributed by atoms with E-state index in [0.717, 1.165) is 22.5 Å². The molecule has 5 heteroatoms. The number of amides is 1. The Balaban J connectivity index is 1.63. The van der Waals surface area contributed by atoms with Crippen molar-refractivity contribution in [2.45, 2.75) is 12.8 Å². The Morgan fingerprint density at radius 1 is 0.929 bits per heavy atom. The highest BCUT2D eigenvalue weighted by molar-refractivity contribution is 5.91. The molecule has 0 unspecified atom stereocenters. The van der Waals surface area contributed by atoms with Crippen LogP contribution in [0, 0.1) is 0 Å². The van der Waals surface area contributed by atoms with Gasteiger partial charge in [0.2, 0.25) is 5.91 Å². The van der Waals surface area contributed by atoms with Crippen molar-refractivity contribution in [3.63, 3.8) is 0 Å². The molecule has 28 heavy (non-hydrogen) atoms. The summed E-state index contributed by atoms with van der Waals surface area (Å²) < 4.78 is 5.25. The first kappa shape index (κ1) is 17.7. The van der Waals surface area contributed by atoms with E-state index < -0.39 is 0 Å². The number of carbonyl (C=O) groups excluding carboxylic acids is 1. The number of furan rings is 1. The third-order valence-electron chi connectivity index (χ3n) is 4.30. The Bertz CT molecular complexity index is 1050. The molecule has 0 saturated carbocycles. The molecule has 0 fully saturated rings. The topological polar surface area (TPSA) is 68.0 Å². The smallest absolute Gasteiger partial charge is 0.233 e. The van der Waals surface area contributed by atoms with Gasteiger partial charge in [-0.15, -0.1) is 0 Å². The van der Waals surface area contributed by atoms with Gasteiger partial charge in [0.15, 0.2) is 5.82 Å². The molecular weight excluding hydrogens is 350 g/mol. The van der Waals surface area contributed by atoms with E-state index in [2.05, 4.69) is 10.3 Å². The molecule has 0 aliphatic heterocycles. The van der Waals surface area contributed by atoms with Gasteiger partial charge in [0.1, 0.15) is 5.76 Å². The number of hydrogen-bond donors (Lipinski definition) is 1. The van der Waals surface area contributed by atoms with E-state index in [4.69, 9.17) is 9.40 Å². The Hall–Kier alpha value is -3.73. The van der Waals surface area contributed by atoms with Gasteiger partial charge >= 0.3 is 0 Å². The maximum absolute atomic E-state index is 12.4. The number of rotatable bonds is 6. The first-order valence-corrected chi connectivity index (χ1v) is 9.05. The predicted octanol–water partition coefficient (Wildman–Crippen LogP) is 4.51. The van der Waals surface area contributed by atoms with E-state index >= 15 is 0 Å². The molecule has 0 atom stereocenters. The van der Waals surface area contributed by atoms with E-state index in [1.807, 2.05) is 60.7 Å². The number of hydrogen-bond acceptors (Lipinski definition) is 4. The average Bonchev–Trinajstić information content (AvgIpc) is 3.23. The second-order valence-electron chi connectivity index (χ2n) is 6.38. The number of aromatic nitrogens is 2. The number of carbonyl (C=O) groups is 1. The van der Waals surface area contributed by atoms with Crippen LogP contribution >= 0.6 is 0 Å². The summed E-state index contributed by atoms with van der Waals surface area (Å²) in [6, 6.07) is 23.4. The van der Waals surface area contributed by atoms with Crippen LogP contribution in [0.15, 0.2) is 89.7 Å². The zero-order chi connectivity index (χ0) is 19.2. The van der Waals surface area contributed by atoms with Crippen LogP contribution in [0.1, 0.15) is 17.0 Å². The molecule has 1 N–H and O–H groups in total. The molecule has 4 aromatic rings. The lowest BCUT2D eigenvalue weighted by molar-refractivity contribution is -0.115. The molecule has 2 heterocycles. The van der Waals surface area contributed by atoms with E-state index in [-0.39, 0.29) is 12.3 Å². The van der Waals surface area contributed by atoms with Crippen molar-refractivity contribution < 1.29 is 9.21 Å². The quantitative estimate of drug-likeness (QED) is 0.543. The van der Waals surface area contributed by atoms with Gasteiger partial charge in [-0.25, -0.2) is 9.97 Å². The molecule has 0 aliphatic carbocycles. The van der Waals surface area contributed by atoms with Crippen LogP contribution in [0.4, 0.5) is 5.82 Å². The second-order valence-corrected chi connectivity index (χ2v) is 6.38. The van der Waals surface area contributed by atoms with Crippen LogP contribution in [0.5, 0.6) is 0 Å².